The molecule has 1 aliphatic rings. The van der Waals surface area contributed by atoms with Crippen molar-refractivity contribution in [2.45, 2.75) is 63.5 Å². The van der Waals surface area contributed by atoms with Gasteiger partial charge >= 0.3 is 0 Å². The number of nitriles is 1. The first-order valence-electron chi connectivity index (χ1n) is 10.5. The zero-order valence-electron chi connectivity index (χ0n) is 17.2. The van der Waals surface area contributed by atoms with Crippen LogP contribution in [0.25, 0.3) is 0 Å². The van der Waals surface area contributed by atoms with Gasteiger partial charge in [0.15, 0.2) is 0 Å². The second kappa shape index (κ2) is 9.75. The van der Waals surface area contributed by atoms with Crippen molar-refractivity contribution in [2.24, 2.45) is 0 Å². The SMILES string of the molecule is CCCCN(Cc1ccccc1)[C@H]1CC[C@](C#N)(c2cccc(OC)c2)CC1. The molecular formula is C25H32N2O. The minimum atomic E-state index is -0.381. The summed E-state index contributed by atoms with van der Waals surface area (Å²) in [5.41, 5.74) is 2.10. The molecule has 1 saturated carbocycles. The lowest BCUT2D eigenvalue weighted by atomic mass is 9.69. The van der Waals surface area contributed by atoms with Gasteiger partial charge in [0, 0.05) is 12.6 Å². The highest BCUT2D eigenvalue weighted by molar-refractivity contribution is 5.38. The van der Waals surface area contributed by atoms with Crippen molar-refractivity contribution in [3.63, 3.8) is 0 Å². The van der Waals surface area contributed by atoms with Gasteiger partial charge in [0.2, 0.25) is 0 Å². The van der Waals surface area contributed by atoms with Crippen LogP contribution in [0.3, 0.4) is 0 Å². The molecule has 1 fully saturated rings. The standard InChI is InChI=1S/C25H32N2O/c1-3-4-17-27(19-21-9-6-5-7-10-21)23-13-15-25(20-26,16-14-23)22-11-8-12-24(18-22)28-2/h5-12,18,23H,3-4,13-17,19H2,1-2H3/t23-,25-. The van der Waals surface area contributed by atoms with Crippen LogP contribution < -0.4 is 4.74 Å². The molecule has 0 radical (unpaired) electrons. The molecule has 0 unspecified atom stereocenters. The molecule has 0 amide bonds. The largest absolute Gasteiger partial charge is 0.497 e. The van der Waals surface area contributed by atoms with E-state index in [1.807, 2.05) is 18.2 Å². The lowest BCUT2D eigenvalue weighted by molar-refractivity contribution is 0.128. The summed E-state index contributed by atoms with van der Waals surface area (Å²) >= 11 is 0. The highest BCUT2D eigenvalue weighted by Gasteiger charge is 2.38. The number of hydrogen-bond donors (Lipinski definition) is 0. The molecule has 28 heavy (non-hydrogen) atoms. The van der Waals surface area contributed by atoms with Gasteiger partial charge in [-0.15, -0.1) is 0 Å². The van der Waals surface area contributed by atoms with Crippen LogP contribution in [-0.2, 0) is 12.0 Å². The van der Waals surface area contributed by atoms with E-state index in [1.165, 1.54) is 18.4 Å². The Morgan fingerprint density at radius 3 is 2.50 bits per heavy atom. The number of benzene rings is 2. The van der Waals surface area contributed by atoms with Crippen molar-refractivity contribution in [1.29, 1.82) is 5.26 Å². The van der Waals surface area contributed by atoms with E-state index in [4.69, 9.17) is 4.74 Å². The summed E-state index contributed by atoms with van der Waals surface area (Å²) in [6, 6.07) is 22.1. The summed E-state index contributed by atoms with van der Waals surface area (Å²) in [6.07, 6.45) is 6.41. The minimum absolute atomic E-state index is 0.381. The van der Waals surface area contributed by atoms with Crippen LogP contribution in [0.15, 0.2) is 54.6 Å². The maximum absolute atomic E-state index is 10.1. The number of methoxy groups -OCH3 is 1. The Balaban J connectivity index is 1.72. The van der Waals surface area contributed by atoms with Crippen LogP contribution in [0, 0.1) is 11.3 Å². The van der Waals surface area contributed by atoms with Crippen LogP contribution in [0.2, 0.25) is 0 Å². The topological polar surface area (TPSA) is 36.3 Å². The normalized spacial score (nSPS) is 22.0. The molecule has 3 rings (SSSR count). The molecule has 2 aromatic rings. The lowest BCUT2D eigenvalue weighted by Gasteiger charge is -2.40. The lowest BCUT2D eigenvalue weighted by Crippen LogP contribution is -2.42. The molecule has 0 atom stereocenters. The van der Waals surface area contributed by atoms with Crippen molar-refractivity contribution in [3.8, 4) is 11.8 Å². The molecule has 0 aliphatic heterocycles. The second-order valence-electron chi connectivity index (χ2n) is 7.97. The minimum Gasteiger partial charge on any atom is -0.497 e. The quantitative estimate of drug-likeness (QED) is 0.593. The third-order valence-electron chi connectivity index (χ3n) is 6.19. The van der Waals surface area contributed by atoms with E-state index >= 15 is 0 Å². The number of unbranched alkanes of at least 4 members (excludes halogenated alkanes) is 1. The van der Waals surface area contributed by atoms with E-state index < -0.39 is 0 Å². The number of ether oxygens (including phenoxy) is 1. The van der Waals surface area contributed by atoms with Crippen molar-refractivity contribution < 1.29 is 4.74 Å². The Morgan fingerprint density at radius 2 is 1.86 bits per heavy atom. The van der Waals surface area contributed by atoms with Crippen LogP contribution in [-0.4, -0.2) is 24.6 Å². The fraction of sp³-hybridized carbons (Fsp3) is 0.480. The van der Waals surface area contributed by atoms with Crippen molar-refractivity contribution in [2.75, 3.05) is 13.7 Å². The predicted octanol–water partition coefficient (Wildman–Crippen LogP) is 5.70. The Labute approximate surface area is 169 Å². The van der Waals surface area contributed by atoms with E-state index in [0.717, 1.165) is 50.1 Å². The number of hydrogen-bond acceptors (Lipinski definition) is 3. The average Bonchev–Trinajstić information content (AvgIpc) is 2.77. The molecule has 0 saturated heterocycles. The Kier molecular flexibility index (Phi) is 7.12. The van der Waals surface area contributed by atoms with Crippen molar-refractivity contribution >= 4 is 0 Å². The average molecular weight is 377 g/mol. The Hall–Kier alpha value is -2.31. The fourth-order valence-corrected chi connectivity index (χ4v) is 4.42. The first-order valence-corrected chi connectivity index (χ1v) is 10.5. The Bertz CT molecular complexity index is 773. The van der Waals surface area contributed by atoms with Gasteiger partial charge in [0.25, 0.3) is 0 Å². The molecule has 0 spiro atoms. The number of nitrogens with zero attached hydrogens (tertiary/aromatic N) is 2. The van der Waals surface area contributed by atoms with Gasteiger partial charge in [-0.05, 0) is 61.9 Å². The van der Waals surface area contributed by atoms with Gasteiger partial charge in [0.1, 0.15) is 5.75 Å². The molecule has 0 N–H and O–H groups in total. The molecule has 148 valence electrons. The van der Waals surface area contributed by atoms with Gasteiger partial charge in [-0.1, -0.05) is 55.8 Å². The summed E-state index contributed by atoms with van der Waals surface area (Å²) in [7, 11) is 1.68. The van der Waals surface area contributed by atoms with Gasteiger partial charge in [0.05, 0.1) is 18.6 Å². The van der Waals surface area contributed by atoms with E-state index in [9.17, 15) is 5.26 Å². The third-order valence-corrected chi connectivity index (χ3v) is 6.19. The van der Waals surface area contributed by atoms with Crippen LogP contribution >= 0.6 is 0 Å². The highest BCUT2D eigenvalue weighted by Crippen LogP contribution is 2.41. The van der Waals surface area contributed by atoms with Gasteiger partial charge in [-0.2, -0.15) is 5.26 Å². The summed E-state index contributed by atoms with van der Waals surface area (Å²) in [5.74, 6) is 0.836. The molecule has 3 nitrogen and oxygen atoms in total. The van der Waals surface area contributed by atoms with E-state index in [-0.39, 0.29) is 5.41 Å². The van der Waals surface area contributed by atoms with E-state index in [1.54, 1.807) is 7.11 Å². The van der Waals surface area contributed by atoms with Crippen molar-refractivity contribution in [3.05, 3.63) is 65.7 Å². The predicted molar refractivity (Wildman–Crippen MR) is 114 cm³/mol. The fourth-order valence-electron chi connectivity index (χ4n) is 4.42. The zero-order chi connectivity index (χ0) is 19.8. The summed E-state index contributed by atoms with van der Waals surface area (Å²) < 4.78 is 5.39. The highest BCUT2D eigenvalue weighted by atomic mass is 16.5. The summed E-state index contributed by atoms with van der Waals surface area (Å²) in [4.78, 5) is 2.64. The van der Waals surface area contributed by atoms with E-state index in [0.29, 0.717) is 6.04 Å². The van der Waals surface area contributed by atoms with Crippen LogP contribution in [0.1, 0.15) is 56.6 Å². The van der Waals surface area contributed by atoms with E-state index in [2.05, 4.69) is 54.3 Å². The van der Waals surface area contributed by atoms with Crippen LogP contribution in [0.4, 0.5) is 0 Å². The van der Waals surface area contributed by atoms with Gasteiger partial charge in [-0.25, -0.2) is 0 Å². The molecule has 1 aliphatic carbocycles. The summed E-state index contributed by atoms with van der Waals surface area (Å²) in [5, 5.41) is 10.1. The summed E-state index contributed by atoms with van der Waals surface area (Å²) in [6.45, 7) is 4.39. The smallest absolute Gasteiger partial charge is 0.119 e. The molecule has 3 heteroatoms. The maximum Gasteiger partial charge on any atom is 0.119 e. The molecule has 2 aromatic carbocycles. The molecule has 0 bridgehead atoms. The monoisotopic (exact) mass is 376 g/mol. The molecular weight excluding hydrogens is 344 g/mol. The first kappa shape index (κ1) is 20.4. The zero-order valence-corrected chi connectivity index (χ0v) is 17.2. The molecule has 0 heterocycles. The van der Waals surface area contributed by atoms with Gasteiger partial charge < -0.3 is 4.74 Å². The van der Waals surface area contributed by atoms with Crippen LogP contribution in [0.5, 0.6) is 5.75 Å². The molecule has 0 aromatic heterocycles. The van der Waals surface area contributed by atoms with Crippen molar-refractivity contribution in [1.82, 2.24) is 4.90 Å². The van der Waals surface area contributed by atoms with Gasteiger partial charge in [-0.3, -0.25) is 4.90 Å². The number of rotatable bonds is 8. The first-order chi connectivity index (χ1) is 13.7. The third kappa shape index (κ3) is 4.75. The second-order valence-corrected chi connectivity index (χ2v) is 7.97. The maximum atomic E-state index is 10.1. The Morgan fingerprint density at radius 1 is 1.11 bits per heavy atom.